The topological polar surface area (TPSA) is 21.3 Å². The van der Waals surface area contributed by atoms with Crippen LogP contribution in [-0.2, 0) is 4.74 Å². The Morgan fingerprint density at radius 2 is 2.00 bits per heavy atom. The van der Waals surface area contributed by atoms with Crippen LogP contribution < -0.4 is 5.32 Å². The van der Waals surface area contributed by atoms with Crippen LogP contribution in [0.5, 0.6) is 0 Å². The number of ether oxygens (including phenoxy) is 1. The Kier molecular flexibility index (Phi) is 8.44. The van der Waals surface area contributed by atoms with E-state index >= 15 is 0 Å². The average Bonchev–Trinajstić information content (AvgIpc) is 2.29. The molecule has 1 N–H and O–H groups in total. The van der Waals surface area contributed by atoms with Gasteiger partial charge in [-0.25, -0.2) is 0 Å². The summed E-state index contributed by atoms with van der Waals surface area (Å²) in [6, 6.07) is 0. The van der Waals surface area contributed by atoms with Crippen LogP contribution in [0, 0.1) is 5.92 Å². The minimum absolute atomic E-state index is 0.866. The van der Waals surface area contributed by atoms with E-state index in [0.29, 0.717) is 0 Å². The highest BCUT2D eigenvalue weighted by Crippen LogP contribution is 2.13. The molecule has 0 amide bonds. The third kappa shape index (κ3) is 7.20. The van der Waals surface area contributed by atoms with E-state index in [4.69, 9.17) is 4.74 Å². The van der Waals surface area contributed by atoms with Crippen LogP contribution in [0.4, 0.5) is 0 Å². The number of hydrogen-bond donors (Lipinski definition) is 1. The highest BCUT2D eigenvalue weighted by Gasteiger charge is 2.12. The lowest BCUT2D eigenvalue weighted by molar-refractivity contribution is 0.0663. The molecule has 90 valence electrons. The maximum Gasteiger partial charge on any atom is 0.0469 e. The average molecular weight is 231 g/mol. The molecule has 0 spiro atoms. The molecule has 15 heavy (non-hydrogen) atoms. The fourth-order valence-electron chi connectivity index (χ4n) is 1.93. The van der Waals surface area contributed by atoms with Gasteiger partial charge in [0.15, 0.2) is 0 Å². The Morgan fingerprint density at radius 3 is 2.73 bits per heavy atom. The van der Waals surface area contributed by atoms with Gasteiger partial charge in [-0.1, -0.05) is 6.42 Å². The molecule has 0 bridgehead atoms. The van der Waals surface area contributed by atoms with Crippen molar-refractivity contribution < 1.29 is 4.74 Å². The molecule has 3 heteroatoms. The molecule has 2 nitrogen and oxygen atoms in total. The maximum absolute atomic E-state index is 5.34. The fourth-order valence-corrected chi connectivity index (χ4v) is 2.42. The first-order chi connectivity index (χ1) is 7.43. The minimum Gasteiger partial charge on any atom is -0.381 e. The van der Waals surface area contributed by atoms with Crippen molar-refractivity contribution >= 4 is 11.8 Å². The second-order valence-electron chi connectivity index (χ2n) is 4.31. The molecule has 0 saturated carbocycles. The van der Waals surface area contributed by atoms with Crippen molar-refractivity contribution in [1.29, 1.82) is 0 Å². The van der Waals surface area contributed by atoms with E-state index in [2.05, 4.69) is 11.6 Å². The van der Waals surface area contributed by atoms with E-state index in [9.17, 15) is 0 Å². The summed E-state index contributed by atoms with van der Waals surface area (Å²) < 4.78 is 5.34. The summed E-state index contributed by atoms with van der Waals surface area (Å²) in [6.07, 6.45) is 8.77. The molecule has 0 aromatic heterocycles. The van der Waals surface area contributed by atoms with Gasteiger partial charge in [-0.05, 0) is 56.7 Å². The Hall–Kier alpha value is 0.270. The predicted molar refractivity (Wildman–Crippen MR) is 68.6 cm³/mol. The first-order valence-electron chi connectivity index (χ1n) is 6.21. The summed E-state index contributed by atoms with van der Waals surface area (Å²) in [5.41, 5.74) is 0. The molecule has 0 aliphatic carbocycles. The van der Waals surface area contributed by atoms with Gasteiger partial charge in [-0.2, -0.15) is 11.8 Å². The number of hydrogen-bond acceptors (Lipinski definition) is 3. The van der Waals surface area contributed by atoms with Crippen molar-refractivity contribution in [2.24, 2.45) is 5.92 Å². The summed E-state index contributed by atoms with van der Waals surface area (Å²) in [5.74, 6) is 2.19. The van der Waals surface area contributed by atoms with Crippen LogP contribution in [-0.4, -0.2) is 38.3 Å². The van der Waals surface area contributed by atoms with Crippen molar-refractivity contribution in [2.45, 2.75) is 32.1 Å². The van der Waals surface area contributed by atoms with E-state index in [-0.39, 0.29) is 0 Å². The number of rotatable bonds is 8. The standard InChI is InChI=1S/C12H25NOS/c1-15-10-4-2-3-7-13-11-12-5-8-14-9-6-12/h12-13H,2-11H2,1H3. The molecule has 1 aliphatic rings. The highest BCUT2D eigenvalue weighted by molar-refractivity contribution is 7.98. The summed E-state index contributed by atoms with van der Waals surface area (Å²) in [5, 5.41) is 3.57. The molecule has 1 aliphatic heterocycles. The minimum atomic E-state index is 0.866. The number of thioether (sulfide) groups is 1. The molecular weight excluding hydrogens is 206 g/mol. The summed E-state index contributed by atoms with van der Waals surface area (Å²) in [6.45, 7) is 4.35. The van der Waals surface area contributed by atoms with Crippen molar-refractivity contribution in [3.63, 3.8) is 0 Å². The van der Waals surface area contributed by atoms with E-state index in [1.54, 1.807) is 0 Å². The van der Waals surface area contributed by atoms with Crippen LogP contribution in [0.3, 0.4) is 0 Å². The third-order valence-electron chi connectivity index (χ3n) is 2.98. The molecular formula is C12H25NOS. The zero-order valence-corrected chi connectivity index (χ0v) is 10.8. The molecule has 1 saturated heterocycles. The SMILES string of the molecule is CSCCCCCNCC1CCOCC1. The van der Waals surface area contributed by atoms with Gasteiger partial charge in [0.2, 0.25) is 0 Å². The van der Waals surface area contributed by atoms with Gasteiger partial charge in [0, 0.05) is 13.2 Å². The van der Waals surface area contributed by atoms with Gasteiger partial charge in [0.05, 0.1) is 0 Å². The van der Waals surface area contributed by atoms with Crippen LogP contribution >= 0.6 is 11.8 Å². The highest BCUT2D eigenvalue weighted by atomic mass is 32.2. The Labute approximate surface area is 98.5 Å². The zero-order chi connectivity index (χ0) is 10.8. The van der Waals surface area contributed by atoms with Gasteiger partial charge in [0.25, 0.3) is 0 Å². The van der Waals surface area contributed by atoms with E-state index in [0.717, 1.165) is 19.1 Å². The smallest absolute Gasteiger partial charge is 0.0469 e. The summed E-state index contributed by atoms with van der Waals surface area (Å²) in [4.78, 5) is 0. The lowest BCUT2D eigenvalue weighted by Gasteiger charge is -2.22. The van der Waals surface area contributed by atoms with Crippen molar-refractivity contribution in [3.8, 4) is 0 Å². The molecule has 0 unspecified atom stereocenters. The second-order valence-corrected chi connectivity index (χ2v) is 5.30. The molecule has 0 aromatic rings. The summed E-state index contributed by atoms with van der Waals surface area (Å²) in [7, 11) is 0. The molecule has 0 aromatic carbocycles. The van der Waals surface area contributed by atoms with E-state index < -0.39 is 0 Å². The van der Waals surface area contributed by atoms with Gasteiger partial charge < -0.3 is 10.1 Å². The van der Waals surface area contributed by atoms with Gasteiger partial charge in [-0.15, -0.1) is 0 Å². The van der Waals surface area contributed by atoms with Crippen molar-refractivity contribution in [1.82, 2.24) is 5.32 Å². The van der Waals surface area contributed by atoms with Crippen LogP contribution in [0.2, 0.25) is 0 Å². The van der Waals surface area contributed by atoms with Crippen LogP contribution in [0.1, 0.15) is 32.1 Å². The van der Waals surface area contributed by atoms with E-state index in [1.165, 1.54) is 50.9 Å². The number of unbranched alkanes of at least 4 members (excludes halogenated alkanes) is 2. The second kappa shape index (κ2) is 9.49. The Balaban J connectivity index is 1.79. The number of nitrogens with one attached hydrogen (secondary N) is 1. The summed E-state index contributed by atoms with van der Waals surface area (Å²) >= 11 is 1.95. The van der Waals surface area contributed by atoms with Crippen molar-refractivity contribution in [3.05, 3.63) is 0 Å². The van der Waals surface area contributed by atoms with Crippen LogP contribution in [0.25, 0.3) is 0 Å². The first kappa shape index (κ1) is 13.3. The predicted octanol–water partition coefficient (Wildman–Crippen LogP) is 2.54. The third-order valence-corrected chi connectivity index (χ3v) is 3.67. The largest absolute Gasteiger partial charge is 0.381 e. The molecule has 0 radical (unpaired) electrons. The van der Waals surface area contributed by atoms with Gasteiger partial charge in [-0.3, -0.25) is 0 Å². The van der Waals surface area contributed by atoms with Gasteiger partial charge >= 0.3 is 0 Å². The van der Waals surface area contributed by atoms with Crippen LogP contribution in [0.15, 0.2) is 0 Å². The Morgan fingerprint density at radius 1 is 1.20 bits per heavy atom. The lowest BCUT2D eigenvalue weighted by atomic mass is 10.0. The maximum atomic E-state index is 5.34. The molecule has 0 atom stereocenters. The first-order valence-corrected chi connectivity index (χ1v) is 7.60. The molecule has 1 fully saturated rings. The monoisotopic (exact) mass is 231 g/mol. The fraction of sp³-hybridized carbons (Fsp3) is 1.00. The quantitative estimate of drug-likeness (QED) is 0.649. The van der Waals surface area contributed by atoms with Gasteiger partial charge in [0.1, 0.15) is 0 Å². The normalized spacial score (nSPS) is 18.2. The van der Waals surface area contributed by atoms with E-state index in [1.807, 2.05) is 11.8 Å². The molecule has 1 rings (SSSR count). The molecule has 1 heterocycles. The Bertz CT molecular complexity index is 138. The lowest BCUT2D eigenvalue weighted by Crippen LogP contribution is -2.28. The zero-order valence-electron chi connectivity index (χ0n) is 9.96. The van der Waals surface area contributed by atoms with Crippen molar-refractivity contribution in [2.75, 3.05) is 38.3 Å².